The van der Waals surface area contributed by atoms with Gasteiger partial charge in [-0.1, -0.05) is 0 Å². The fourth-order valence-electron chi connectivity index (χ4n) is 9.91. The van der Waals surface area contributed by atoms with Gasteiger partial charge in [-0.05, 0) is 0 Å². The van der Waals surface area contributed by atoms with E-state index < -0.39 is 17.4 Å². The second-order valence-electron chi connectivity index (χ2n) is 15.0. The Bertz CT molecular complexity index is 2520. The Morgan fingerprint density at radius 1 is 0.479 bits per heavy atom. The Morgan fingerprint density at radius 3 is 1.77 bits per heavy atom. The van der Waals surface area contributed by atoms with Crippen LogP contribution >= 0.6 is 0 Å². The van der Waals surface area contributed by atoms with E-state index in [-0.39, 0.29) is 0 Å². The van der Waals surface area contributed by atoms with E-state index in [0.717, 1.165) is 0 Å². The van der Waals surface area contributed by atoms with E-state index >= 15 is 0 Å². The number of aryl methyl sites for hydroxylation is 2. The maximum absolute atomic E-state index is 4.24. The fraction of sp³-hybridized carbons (Fsp3) is 0.130. The third-order valence-corrected chi connectivity index (χ3v) is 35.3. The normalized spacial score (nSPS) is 15.8. The van der Waals surface area contributed by atoms with Crippen molar-refractivity contribution < 1.29 is 17.4 Å². The summed E-state index contributed by atoms with van der Waals surface area (Å²) in [6.07, 6.45) is 2.57. The number of benzene rings is 7. The van der Waals surface area contributed by atoms with Gasteiger partial charge in [-0.25, -0.2) is 0 Å². The van der Waals surface area contributed by atoms with Crippen molar-refractivity contribution in [1.29, 1.82) is 0 Å². The van der Waals surface area contributed by atoms with Crippen LogP contribution in [0.5, 0.6) is 0 Å². The summed E-state index contributed by atoms with van der Waals surface area (Å²) in [4.78, 5) is 0. The second-order valence-corrected chi connectivity index (χ2v) is 41.3. The van der Waals surface area contributed by atoms with Gasteiger partial charge in [0.05, 0.1) is 0 Å². The third kappa shape index (κ3) is 4.15. The van der Waals surface area contributed by atoms with E-state index in [1.54, 1.807) is 14.4 Å². The molecular weight excluding hydrogens is 672 g/mol. The first-order chi connectivity index (χ1) is 23.2. The number of fused-ring (bicyclic) bond motifs is 7. The summed E-state index contributed by atoms with van der Waals surface area (Å²) >= 11 is -4.24. The van der Waals surface area contributed by atoms with Crippen molar-refractivity contribution in [3.63, 3.8) is 0 Å². The molecule has 0 saturated heterocycles. The van der Waals surface area contributed by atoms with Crippen LogP contribution in [0.25, 0.3) is 49.9 Å². The predicted octanol–water partition coefficient (Wildman–Crippen LogP) is 11.1. The van der Waals surface area contributed by atoms with Crippen LogP contribution in [0.1, 0.15) is 47.6 Å². The molecule has 2 heteroatoms. The molecule has 0 N–H and O–H groups in total. The van der Waals surface area contributed by atoms with Gasteiger partial charge in [0.2, 0.25) is 0 Å². The van der Waals surface area contributed by atoms with Crippen molar-refractivity contribution in [2.24, 2.45) is 0 Å². The van der Waals surface area contributed by atoms with Gasteiger partial charge in [-0.2, -0.15) is 0 Å². The van der Waals surface area contributed by atoms with Crippen LogP contribution in [-0.4, -0.2) is 6.88 Å². The first-order valence-electron chi connectivity index (χ1n) is 17.3. The Balaban J connectivity index is 1.35. The molecule has 0 fully saturated rings. The summed E-state index contributed by atoms with van der Waals surface area (Å²) in [6.45, 7) is 9.42. The average Bonchev–Trinajstić information content (AvgIpc) is 3.62. The maximum atomic E-state index is 2.79. The van der Waals surface area contributed by atoms with Gasteiger partial charge >= 0.3 is 289 Å². The molecule has 0 saturated carbocycles. The molecule has 2 aliphatic rings. The summed E-state index contributed by atoms with van der Waals surface area (Å²) < 4.78 is 5.13. The standard InChI is InChI=1S/C24H17.C15H13.C6H5.CH3.H2Si.Zr/c1-16-13-17-8-6-12-22(23(17)14-16)24-15-18-7-2-3-9-19(18)20-10-4-5-11-21(20)24;1-10-3-5-14-12(7-10)9-13-8-11(2)4-6-15(13)14;1-2-4-6-5-3-1;;;/h2-15H,1H3;3-9H,1-2H3;1-5H;1H3;1H2;. The minimum atomic E-state index is -4.24. The molecule has 0 spiro atoms. The van der Waals surface area contributed by atoms with Crippen molar-refractivity contribution in [2.75, 3.05) is 0 Å². The van der Waals surface area contributed by atoms with Crippen LogP contribution in [0.3, 0.4) is 0 Å². The van der Waals surface area contributed by atoms with Crippen molar-refractivity contribution in [3.05, 3.63) is 178 Å². The molecule has 2 aliphatic carbocycles. The Labute approximate surface area is 286 Å². The van der Waals surface area contributed by atoms with Gasteiger partial charge in [-0.15, -0.1) is 0 Å². The van der Waals surface area contributed by atoms with E-state index in [4.69, 9.17) is 0 Å². The van der Waals surface area contributed by atoms with Gasteiger partial charge in [-0.3, -0.25) is 0 Å². The van der Waals surface area contributed by atoms with Crippen molar-refractivity contribution in [3.8, 4) is 22.3 Å². The molecular formula is C46H40SiZr. The molecule has 0 radical (unpaired) electrons. The number of allylic oxidation sites excluding steroid dienone is 1. The Morgan fingerprint density at radius 2 is 1.08 bits per heavy atom. The zero-order valence-electron chi connectivity index (χ0n) is 28.2. The first-order valence-corrected chi connectivity index (χ1v) is 29.7. The Kier molecular flexibility index (Phi) is 6.69. The zero-order chi connectivity index (χ0) is 32.8. The van der Waals surface area contributed by atoms with Crippen molar-refractivity contribution >= 4 is 37.8 Å². The van der Waals surface area contributed by atoms with Crippen LogP contribution in [0.2, 0.25) is 4.63 Å². The Hall–Kier alpha value is -4.10. The van der Waals surface area contributed by atoms with E-state index in [2.05, 4.69) is 178 Å². The quantitative estimate of drug-likeness (QED) is 0.126. The molecule has 1 atom stereocenters. The molecule has 1 unspecified atom stereocenters. The summed E-state index contributed by atoms with van der Waals surface area (Å²) in [6, 6.07) is 53.6. The zero-order valence-corrected chi connectivity index (χ0v) is 32.1. The summed E-state index contributed by atoms with van der Waals surface area (Å²) in [5.41, 5.74) is 15.8. The molecule has 0 nitrogen and oxygen atoms in total. The molecule has 7 aromatic rings. The van der Waals surface area contributed by atoms with Crippen molar-refractivity contribution in [2.45, 2.75) is 32.7 Å². The van der Waals surface area contributed by atoms with Gasteiger partial charge in [0.25, 0.3) is 0 Å². The van der Waals surface area contributed by atoms with Gasteiger partial charge in [0.15, 0.2) is 0 Å². The van der Waals surface area contributed by atoms with Crippen LogP contribution in [0.4, 0.5) is 0 Å². The third-order valence-electron chi connectivity index (χ3n) is 11.9. The fourth-order valence-corrected chi connectivity index (χ4v) is 33.9. The molecule has 0 heterocycles. The van der Waals surface area contributed by atoms with Crippen LogP contribution in [0, 0.1) is 13.8 Å². The van der Waals surface area contributed by atoms with E-state index in [1.807, 2.05) is 0 Å². The topological polar surface area (TPSA) is 0 Å². The SMILES string of the molecule is CC1=Cc2c(-c3cc4ccccc4c4ccccc34)cccc2[CH]1[Zr]([CH3])(=[SiH2])([c]1ccccc1)[CH]1c2cc(C)ccc2-c2ccc(C)cc21. The minimum absolute atomic E-state index is 0.374. The molecule has 48 heavy (non-hydrogen) atoms. The van der Waals surface area contributed by atoms with Gasteiger partial charge < -0.3 is 0 Å². The average molecular weight is 712 g/mol. The second kappa shape index (κ2) is 10.7. The summed E-state index contributed by atoms with van der Waals surface area (Å²) in [5, 5.41) is 5.27. The molecule has 0 aliphatic heterocycles. The van der Waals surface area contributed by atoms with E-state index in [1.165, 1.54) is 71.6 Å². The number of hydrogen-bond donors (Lipinski definition) is 0. The van der Waals surface area contributed by atoms with E-state index in [9.17, 15) is 0 Å². The van der Waals surface area contributed by atoms with Gasteiger partial charge in [0, 0.05) is 0 Å². The number of rotatable bonds is 4. The molecule has 232 valence electrons. The monoisotopic (exact) mass is 710 g/mol. The predicted molar refractivity (Wildman–Crippen MR) is 207 cm³/mol. The van der Waals surface area contributed by atoms with Crippen molar-refractivity contribution in [1.82, 2.24) is 0 Å². The number of hydrogen-bond acceptors (Lipinski definition) is 0. The van der Waals surface area contributed by atoms with Crippen LogP contribution < -0.4 is 3.27 Å². The summed E-state index contributed by atoms with van der Waals surface area (Å²) in [5.74, 6) is 0. The van der Waals surface area contributed by atoms with E-state index in [0.29, 0.717) is 7.25 Å². The molecule has 0 aromatic heterocycles. The van der Waals surface area contributed by atoms with Gasteiger partial charge in [0.1, 0.15) is 0 Å². The molecule has 9 rings (SSSR count). The molecule has 0 amide bonds. The molecule has 0 bridgehead atoms. The first kappa shape index (κ1) is 30.0. The van der Waals surface area contributed by atoms with Crippen LogP contribution in [-0.2, 0) is 17.4 Å². The molecule has 7 aromatic carbocycles. The summed E-state index contributed by atoms with van der Waals surface area (Å²) in [7, 11) is 0. The van der Waals surface area contributed by atoms with Crippen LogP contribution in [0.15, 0.2) is 145 Å².